The van der Waals surface area contributed by atoms with E-state index in [4.69, 9.17) is 23.7 Å². The fraction of sp³-hybridized carbons (Fsp3) is 0.886. The monoisotopic (exact) mass is 614 g/mol. The third-order valence-electron chi connectivity index (χ3n) is 14.1. The van der Waals surface area contributed by atoms with Gasteiger partial charge in [0.2, 0.25) is 0 Å². The number of carbonyl (C=O) groups excluding carboxylic acids is 2. The molecule has 0 amide bonds. The molecular weight excluding hydrogens is 564 g/mol. The van der Waals surface area contributed by atoms with Crippen molar-refractivity contribution in [3.05, 3.63) is 11.6 Å². The van der Waals surface area contributed by atoms with E-state index in [1.54, 1.807) is 6.08 Å². The van der Waals surface area contributed by atoms with Gasteiger partial charge in [-0.15, -0.1) is 0 Å². The summed E-state index contributed by atoms with van der Waals surface area (Å²) in [6.07, 6.45) is 13.4. The highest BCUT2D eigenvalue weighted by atomic mass is 16.8. The second-order valence-electron chi connectivity index (χ2n) is 16.0. The van der Waals surface area contributed by atoms with Crippen molar-refractivity contribution in [1.29, 1.82) is 0 Å². The van der Waals surface area contributed by atoms with E-state index in [1.165, 1.54) is 6.42 Å². The fourth-order valence-corrected chi connectivity index (χ4v) is 11.9. The molecule has 5 aliphatic carbocycles. The molecule has 2 saturated heterocycles. The van der Waals surface area contributed by atoms with E-state index >= 15 is 0 Å². The zero-order valence-electron chi connectivity index (χ0n) is 26.3. The van der Waals surface area contributed by atoms with Crippen LogP contribution in [0.15, 0.2) is 11.6 Å². The Hall–Kier alpha value is -1.36. The Labute approximate surface area is 260 Å². The van der Waals surface area contributed by atoms with Crippen LogP contribution in [0.5, 0.6) is 0 Å². The first-order valence-corrected chi connectivity index (χ1v) is 17.5. The summed E-state index contributed by atoms with van der Waals surface area (Å²) in [5.74, 6) is -0.828. The summed E-state index contributed by atoms with van der Waals surface area (Å²) in [6, 6.07) is 0. The average Bonchev–Trinajstić information content (AvgIpc) is 3.66. The molecule has 8 aliphatic rings. The molecule has 1 spiro atoms. The summed E-state index contributed by atoms with van der Waals surface area (Å²) in [6.45, 7) is 4.52. The van der Waals surface area contributed by atoms with Crippen molar-refractivity contribution in [3.8, 4) is 0 Å². The Balaban J connectivity index is 0.971. The quantitative estimate of drug-likeness (QED) is 0.268. The lowest BCUT2D eigenvalue weighted by Crippen LogP contribution is -2.69. The molecule has 3 aliphatic heterocycles. The number of ether oxygens (including phenoxy) is 5. The predicted molar refractivity (Wildman–Crippen MR) is 157 cm³/mol. The number of fused-ring (bicyclic) bond motifs is 6. The molecular formula is C35H50O9. The van der Waals surface area contributed by atoms with E-state index in [-0.39, 0.29) is 53.6 Å². The molecule has 5 saturated carbocycles. The molecule has 8 rings (SSSR count). The maximum Gasteiger partial charge on any atom is 0.331 e. The fourth-order valence-electron chi connectivity index (χ4n) is 11.9. The van der Waals surface area contributed by atoms with E-state index in [0.29, 0.717) is 51.6 Å². The summed E-state index contributed by atoms with van der Waals surface area (Å²) in [7, 11) is 0. The molecule has 9 nitrogen and oxygen atoms in total. The number of hydrogen-bond acceptors (Lipinski definition) is 9. The van der Waals surface area contributed by atoms with Gasteiger partial charge in [-0.3, -0.25) is 0 Å². The predicted octanol–water partition coefficient (Wildman–Crippen LogP) is 4.50. The maximum absolute atomic E-state index is 13.2. The van der Waals surface area contributed by atoms with Gasteiger partial charge in [0.25, 0.3) is 0 Å². The number of aliphatic hydroxyl groups is 2. The number of esters is 1. The van der Waals surface area contributed by atoms with Crippen LogP contribution in [0.1, 0.15) is 110 Å². The smallest absolute Gasteiger partial charge is 0.331 e. The summed E-state index contributed by atoms with van der Waals surface area (Å²) in [5.41, 5.74) is -2.42. The Morgan fingerprint density at radius 1 is 0.955 bits per heavy atom. The van der Waals surface area contributed by atoms with Gasteiger partial charge in [0.05, 0.1) is 34.9 Å². The van der Waals surface area contributed by atoms with Crippen LogP contribution in [0.4, 0.5) is 0 Å². The molecule has 9 heteroatoms. The Morgan fingerprint density at radius 3 is 2.50 bits per heavy atom. The summed E-state index contributed by atoms with van der Waals surface area (Å²) in [5, 5.41) is 24.8. The van der Waals surface area contributed by atoms with Crippen LogP contribution in [-0.4, -0.2) is 76.8 Å². The molecule has 0 unspecified atom stereocenters. The van der Waals surface area contributed by atoms with Gasteiger partial charge in [-0.2, -0.15) is 0 Å². The normalized spacial score (nSPS) is 52.8. The van der Waals surface area contributed by atoms with Crippen LogP contribution in [0.2, 0.25) is 0 Å². The lowest BCUT2D eigenvalue weighted by Gasteiger charge is -2.65. The minimum atomic E-state index is -1.18. The van der Waals surface area contributed by atoms with Gasteiger partial charge in [0, 0.05) is 37.2 Å². The highest BCUT2D eigenvalue weighted by molar-refractivity contribution is 5.85. The summed E-state index contributed by atoms with van der Waals surface area (Å²) in [4.78, 5) is 25.1. The molecule has 0 aromatic heterocycles. The van der Waals surface area contributed by atoms with Crippen molar-refractivity contribution >= 4 is 12.3 Å². The third-order valence-corrected chi connectivity index (χ3v) is 14.1. The molecule has 7 fully saturated rings. The third kappa shape index (κ3) is 4.18. The second-order valence-corrected chi connectivity index (χ2v) is 16.0. The average molecular weight is 615 g/mol. The van der Waals surface area contributed by atoms with Crippen molar-refractivity contribution in [2.75, 3.05) is 6.61 Å². The lowest BCUT2D eigenvalue weighted by atomic mass is 9.41. The topological polar surface area (TPSA) is 121 Å². The number of hydrogen-bond donors (Lipinski definition) is 2. The number of carbonyl (C=O) groups is 2. The molecule has 12 atom stereocenters. The zero-order chi connectivity index (χ0) is 30.5. The number of rotatable bonds is 4. The lowest BCUT2D eigenvalue weighted by molar-refractivity contribution is -0.278. The van der Waals surface area contributed by atoms with Crippen LogP contribution >= 0.6 is 0 Å². The second kappa shape index (κ2) is 10.3. The van der Waals surface area contributed by atoms with Gasteiger partial charge in [-0.05, 0) is 94.5 Å². The van der Waals surface area contributed by atoms with E-state index in [1.807, 2.05) is 6.92 Å². The Morgan fingerprint density at radius 2 is 1.75 bits per heavy atom. The molecule has 2 N–H and O–H groups in total. The van der Waals surface area contributed by atoms with Crippen molar-refractivity contribution in [2.45, 2.75) is 158 Å². The summed E-state index contributed by atoms with van der Waals surface area (Å²) >= 11 is 0. The van der Waals surface area contributed by atoms with Crippen LogP contribution < -0.4 is 0 Å². The maximum atomic E-state index is 13.2. The zero-order valence-corrected chi connectivity index (χ0v) is 26.3. The van der Waals surface area contributed by atoms with Crippen molar-refractivity contribution in [1.82, 2.24) is 0 Å². The first-order valence-electron chi connectivity index (χ1n) is 17.5. The van der Waals surface area contributed by atoms with Gasteiger partial charge in [0.15, 0.2) is 12.1 Å². The van der Waals surface area contributed by atoms with Gasteiger partial charge in [-0.1, -0.05) is 13.3 Å². The van der Waals surface area contributed by atoms with E-state index in [2.05, 4.69) is 6.92 Å². The minimum absolute atomic E-state index is 0.0600. The van der Waals surface area contributed by atoms with Gasteiger partial charge < -0.3 is 38.7 Å². The van der Waals surface area contributed by atoms with Crippen molar-refractivity contribution in [3.63, 3.8) is 0 Å². The van der Waals surface area contributed by atoms with E-state index in [0.717, 1.165) is 56.8 Å². The van der Waals surface area contributed by atoms with Crippen LogP contribution in [0.3, 0.4) is 0 Å². The van der Waals surface area contributed by atoms with Crippen LogP contribution in [0.25, 0.3) is 0 Å². The number of aldehydes is 1. The van der Waals surface area contributed by atoms with Gasteiger partial charge in [0.1, 0.15) is 19.0 Å². The SMILES string of the molecule is C[C@@H]1O[C@H](O[C@@H]2CC[C@]3(C=O)[C@@H]4CC[C@]5(C)[C@H](C6=CC(=O)OC6)CC[C@]5(O)[C@@H]4CC[C@]3(O)C2)C[C@H]2OC3(CCCCC3)O[C@@H]12. The van der Waals surface area contributed by atoms with Gasteiger partial charge in [-0.25, -0.2) is 4.79 Å². The summed E-state index contributed by atoms with van der Waals surface area (Å²) < 4.78 is 31.2. The van der Waals surface area contributed by atoms with E-state index in [9.17, 15) is 19.8 Å². The van der Waals surface area contributed by atoms with Crippen molar-refractivity contribution in [2.24, 2.45) is 28.6 Å². The molecule has 44 heavy (non-hydrogen) atoms. The highest BCUT2D eigenvalue weighted by Gasteiger charge is 2.71. The molecule has 0 bridgehead atoms. The largest absolute Gasteiger partial charge is 0.458 e. The van der Waals surface area contributed by atoms with Gasteiger partial charge >= 0.3 is 5.97 Å². The standard InChI is InChI=1S/C35H50O9/c1-21-30-27(43-34(44-30)10-4-3-5-11-34)17-29(41-21)42-23-6-13-32(20-36)25-7-12-31(2)24(22-16-28(37)40-19-22)9-15-35(31,39)26(25)8-14-33(32,38)18-23/h16,20-21,23-27,29-30,38-39H,3-15,17-19H2,1-2H3/t21-,23+,24-,25+,26+,27+,29+,30-,31+,32-,33-,35-/m0/s1. The highest BCUT2D eigenvalue weighted by Crippen LogP contribution is 2.70. The van der Waals surface area contributed by atoms with Crippen LogP contribution in [-0.2, 0) is 33.3 Å². The minimum Gasteiger partial charge on any atom is -0.458 e. The Kier molecular flexibility index (Phi) is 7.04. The first-order chi connectivity index (χ1) is 21.0. The molecule has 0 aromatic carbocycles. The number of cyclic esters (lactones) is 1. The molecule has 3 heterocycles. The molecule has 0 aromatic rings. The van der Waals surface area contributed by atoms with Crippen molar-refractivity contribution < 1.29 is 43.5 Å². The molecule has 0 radical (unpaired) electrons. The molecule has 244 valence electrons. The Bertz CT molecular complexity index is 1210. The van der Waals surface area contributed by atoms with Crippen LogP contribution in [0, 0.1) is 28.6 Å². The first kappa shape index (κ1) is 30.0. The van der Waals surface area contributed by atoms with E-state index < -0.39 is 28.7 Å².